The smallest absolute Gasteiger partial charge is 0.238 e. The number of carbonyl (C=O) groups excluding carboxylic acids is 1. The zero-order valence-electron chi connectivity index (χ0n) is 11.6. The molecule has 1 amide bonds. The molecule has 1 atom stereocenters. The first-order valence-corrected chi connectivity index (χ1v) is 7.98. The van der Waals surface area contributed by atoms with Crippen molar-refractivity contribution in [1.82, 2.24) is 4.90 Å². The number of halogens is 1. The van der Waals surface area contributed by atoms with E-state index in [1.54, 1.807) is 0 Å². The fourth-order valence-corrected chi connectivity index (χ4v) is 2.97. The third-order valence-corrected chi connectivity index (χ3v) is 4.25. The maximum Gasteiger partial charge on any atom is 0.238 e. The molecule has 1 aromatic carbocycles. The lowest BCUT2D eigenvalue weighted by molar-refractivity contribution is -0.118. The number of nitrogens with one attached hydrogen (secondary N) is 1. The van der Waals surface area contributed by atoms with E-state index in [2.05, 4.69) is 26.1 Å². The molecule has 1 fully saturated rings. The molecule has 20 heavy (non-hydrogen) atoms. The number of likely N-dealkylation sites (tertiary alicyclic amines) is 1. The number of rotatable bonds is 5. The Morgan fingerprint density at radius 1 is 1.35 bits per heavy atom. The van der Waals surface area contributed by atoms with E-state index in [9.17, 15) is 4.79 Å². The molecular weight excluding hydrogens is 318 g/mol. The van der Waals surface area contributed by atoms with Gasteiger partial charge in [0.1, 0.15) is 0 Å². The molecule has 1 aliphatic heterocycles. The number of benzene rings is 1. The number of piperidine rings is 1. The zero-order chi connectivity index (χ0) is 14.4. The molecule has 0 saturated carbocycles. The van der Waals surface area contributed by atoms with Crippen LogP contribution in [0.15, 0.2) is 28.7 Å². The molecule has 0 bridgehead atoms. The van der Waals surface area contributed by atoms with E-state index in [1.165, 1.54) is 12.8 Å². The van der Waals surface area contributed by atoms with E-state index < -0.39 is 0 Å². The van der Waals surface area contributed by atoms with Gasteiger partial charge in [-0.15, -0.1) is 0 Å². The van der Waals surface area contributed by atoms with Gasteiger partial charge in [-0.3, -0.25) is 9.69 Å². The molecule has 0 aliphatic carbocycles. The van der Waals surface area contributed by atoms with Crippen molar-refractivity contribution in [2.45, 2.75) is 31.7 Å². The molecule has 110 valence electrons. The Kier molecular flexibility index (Phi) is 6.01. The monoisotopic (exact) mass is 339 g/mol. The van der Waals surface area contributed by atoms with Crippen LogP contribution in [0.5, 0.6) is 0 Å². The molecule has 1 saturated heterocycles. The van der Waals surface area contributed by atoms with Crippen LogP contribution < -0.4 is 11.1 Å². The molecule has 0 aromatic heterocycles. The van der Waals surface area contributed by atoms with E-state index in [0.29, 0.717) is 19.1 Å². The van der Waals surface area contributed by atoms with Gasteiger partial charge < -0.3 is 11.1 Å². The minimum absolute atomic E-state index is 0.0521. The molecule has 3 N–H and O–H groups in total. The van der Waals surface area contributed by atoms with E-state index in [4.69, 9.17) is 5.73 Å². The Morgan fingerprint density at radius 2 is 2.10 bits per heavy atom. The summed E-state index contributed by atoms with van der Waals surface area (Å²) >= 11 is 3.38. The van der Waals surface area contributed by atoms with Crippen molar-refractivity contribution in [2.75, 3.05) is 25.0 Å². The minimum Gasteiger partial charge on any atom is -0.330 e. The van der Waals surface area contributed by atoms with Gasteiger partial charge in [0, 0.05) is 16.2 Å². The van der Waals surface area contributed by atoms with Crippen molar-refractivity contribution < 1.29 is 4.79 Å². The summed E-state index contributed by atoms with van der Waals surface area (Å²) in [5.74, 6) is 0.0521. The number of anilines is 1. The second kappa shape index (κ2) is 7.76. The summed E-state index contributed by atoms with van der Waals surface area (Å²) in [5.41, 5.74) is 6.50. The first kappa shape index (κ1) is 15.5. The van der Waals surface area contributed by atoms with Crippen LogP contribution in [-0.2, 0) is 4.79 Å². The Hall–Kier alpha value is -0.910. The van der Waals surface area contributed by atoms with Crippen molar-refractivity contribution >= 4 is 27.5 Å². The SMILES string of the molecule is NCCC1CCCCN1CC(=O)Nc1ccc(Br)cc1. The van der Waals surface area contributed by atoms with Crippen LogP contribution in [-0.4, -0.2) is 36.5 Å². The van der Waals surface area contributed by atoms with Crippen LogP contribution in [0, 0.1) is 0 Å². The topological polar surface area (TPSA) is 58.4 Å². The highest BCUT2D eigenvalue weighted by molar-refractivity contribution is 9.10. The van der Waals surface area contributed by atoms with Crippen LogP contribution in [0.1, 0.15) is 25.7 Å². The van der Waals surface area contributed by atoms with Crippen LogP contribution >= 0.6 is 15.9 Å². The first-order chi connectivity index (χ1) is 9.69. The van der Waals surface area contributed by atoms with Crippen molar-refractivity contribution in [3.8, 4) is 0 Å². The Balaban J connectivity index is 1.87. The van der Waals surface area contributed by atoms with Crippen LogP contribution in [0.4, 0.5) is 5.69 Å². The molecule has 2 rings (SSSR count). The van der Waals surface area contributed by atoms with Gasteiger partial charge in [-0.1, -0.05) is 22.4 Å². The lowest BCUT2D eigenvalue weighted by Crippen LogP contribution is -2.44. The summed E-state index contributed by atoms with van der Waals surface area (Å²) in [7, 11) is 0. The molecule has 4 nitrogen and oxygen atoms in total. The molecule has 0 radical (unpaired) electrons. The second-order valence-electron chi connectivity index (χ2n) is 5.25. The normalized spacial score (nSPS) is 19.8. The third-order valence-electron chi connectivity index (χ3n) is 3.72. The predicted octanol–water partition coefficient (Wildman–Crippen LogP) is 2.59. The van der Waals surface area contributed by atoms with Crippen molar-refractivity contribution in [3.63, 3.8) is 0 Å². The van der Waals surface area contributed by atoms with Crippen molar-refractivity contribution in [1.29, 1.82) is 0 Å². The largest absolute Gasteiger partial charge is 0.330 e. The van der Waals surface area contributed by atoms with Crippen molar-refractivity contribution in [3.05, 3.63) is 28.7 Å². The highest BCUT2D eigenvalue weighted by Gasteiger charge is 2.23. The average Bonchev–Trinajstić information content (AvgIpc) is 2.44. The molecule has 0 spiro atoms. The molecule has 5 heteroatoms. The second-order valence-corrected chi connectivity index (χ2v) is 6.17. The summed E-state index contributed by atoms with van der Waals surface area (Å²) in [6, 6.07) is 8.11. The lowest BCUT2D eigenvalue weighted by Gasteiger charge is -2.35. The molecule has 1 aromatic rings. The number of hydrogen-bond acceptors (Lipinski definition) is 3. The number of nitrogens with zero attached hydrogens (tertiary/aromatic N) is 1. The molecular formula is C15H22BrN3O. The van der Waals surface area contributed by atoms with Gasteiger partial charge in [0.15, 0.2) is 0 Å². The molecule has 1 heterocycles. The summed E-state index contributed by atoms with van der Waals surface area (Å²) < 4.78 is 1.01. The number of hydrogen-bond donors (Lipinski definition) is 2. The quantitative estimate of drug-likeness (QED) is 0.866. The van der Waals surface area contributed by atoms with Gasteiger partial charge in [-0.2, -0.15) is 0 Å². The summed E-state index contributed by atoms with van der Waals surface area (Å²) in [6.45, 7) is 2.15. The summed E-state index contributed by atoms with van der Waals surface area (Å²) in [5, 5.41) is 2.95. The number of amides is 1. The van der Waals surface area contributed by atoms with Gasteiger partial charge in [-0.25, -0.2) is 0 Å². The van der Waals surface area contributed by atoms with E-state index >= 15 is 0 Å². The first-order valence-electron chi connectivity index (χ1n) is 7.18. The lowest BCUT2D eigenvalue weighted by atomic mass is 9.99. The van der Waals surface area contributed by atoms with Gasteiger partial charge in [0.2, 0.25) is 5.91 Å². The summed E-state index contributed by atoms with van der Waals surface area (Å²) in [4.78, 5) is 14.4. The fraction of sp³-hybridized carbons (Fsp3) is 0.533. The standard InChI is InChI=1S/C15H22BrN3O/c16-12-4-6-13(7-5-12)18-15(20)11-19-10-2-1-3-14(19)8-9-17/h4-7,14H,1-3,8-11,17H2,(H,18,20). The van der Waals surface area contributed by atoms with Gasteiger partial charge in [0.25, 0.3) is 0 Å². The zero-order valence-corrected chi connectivity index (χ0v) is 13.2. The van der Waals surface area contributed by atoms with Gasteiger partial charge in [-0.05, 0) is 56.6 Å². The van der Waals surface area contributed by atoms with Gasteiger partial charge >= 0.3 is 0 Å². The number of nitrogens with two attached hydrogens (primary N) is 1. The Bertz CT molecular complexity index is 433. The van der Waals surface area contributed by atoms with Crippen molar-refractivity contribution in [2.24, 2.45) is 5.73 Å². The minimum atomic E-state index is 0.0521. The van der Waals surface area contributed by atoms with Crippen LogP contribution in [0.3, 0.4) is 0 Å². The Morgan fingerprint density at radius 3 is 2.80 bits per heavy atom. The maximum absolute atomic E-state index is 12.1. The molecule has 1 aliphatic rings. The van der Waals surface area contributed by atoms with E-state index in [0.717, 1.165) is 29.5 Å². The third kappa shape index (κ3) is 4.58. The van der Waals surface area contributed by atoms with Gasteiger partial charge in [0.05, 0.1) is 6.54 Å². The Labute approximate surface area is 128 Å². The summed E-state index contributed by atoms with van der Waals surface area (Å²) in [6.07, 6.45) is 4.55. The average molecular weight is 340 g/mol. The van der Waals surface area contributed by atoms with E-state index in [-0.39, 0.29) is 5.91 Å². The number of carbonyl (C=O) groups is 1. The highest BCUT2D eigenvalue weighted by Crippen LogP contribution is 2.19. The van der Waals surface area contributed by atoms with Crippen LogP contribution in [0.25, 0.3) is 0 Å². The maximum atomic E-state index is 12.1. The fourth-order valence-electron chi connectivity index (χ4n) is 2.71. The molecule has 1 unspecified atom stereocenters. The highest BCUT2D eigenvalue weighted by atomic mass is 79.9. The van der Waals surface area contributed by atoms with E-state index in [1.807, 2.05) is 24.3 Å². The predicted molar refractivity (Wildman–Crippen MR) is 85.7 cm³/mol. The van der Waals surface area contributed by atoms with Crippen LogP contribution in [0.2, 0.25) is 0 Å².